The third-order valence-electron chi connectivity index (χ3n) is 3.64. The molecule has 0 bridgehead atoms. The van der Waals surface area contributed by atoms with E-state index in [1.54, 1.807) is 24.9 Å². The molecule has 0 aromatic heterocycles. The number of methoxy groups -OCH3 is 1. The first-order valence-corrected chi connectivity index (χ1v) is 9.15. The molecule has 0 spiro atoms. The Balaban J connectivity index is 1.75. The van der Waals surface area contributed by atoms with Crippen LogP contribution in [0.2, 0.25) is 5.02 Å². The van der Waals surface area contributed by atoms with Gasteiger partial charge in [0.1, 0.15) is 5.75 Å². The van der Waals surface area contributed by atoms with E-state index in [1.807, 2.05) is 13.0 Å². The predicted molar refractivity (Wildman–Crippen MR) is 96.0 cm³/mol. The van der Waals surface area contributed by atoms with Crippen molar-refractivity contribution in [2.45, 2.75) is 6.92 Å². The molecule has 0 aliphatic carbocycles. The molecule has 128 valence electrons. The second-order valence-corrected chi connectivity index (χ2v) is 6.87. The molecule has 1 heterocycles. The lowest BCUT2D eigenvalue weighted by Crippen LogP contribution is -2.37. The molecule has 1 aromatic carbocycles. The Morgan fingerprint density at radius 1 is 1.43 bits per heavy atom. The van der Waals surface area contributed by atoms with Crippen molar-refractivity contribution in [2.24, 2.45) is 0 Å². The highest BCUT2D eigenvalue weighted by molar-refractivity contribution is 7.99. The second-order valence-electron chi connectivity index (χ2n) is 5.36. The number of amides is 1. The van der Waals surface area contributed by atoms with E-state index in [2.05, 4.69) is 10.2 Å². The van der Waals surface area contributed by atoms with Crippen molar-refractivity contribution < 1.29 is 14.3 Å². The average molecular weight is 359 g/mol. The fourth-order valence-corrected chi connectivity index (χ4v) is 3.24. The highest BCUT2D eigenvalue weighted by atomic mass is 35.5. The van der Waals surface area contributed by atoms with Crippen LogP contribution in [-0.2, 0) is 9.53 Å². The van der Waals surface area contributed by atoms with Gasteiger partial charge in [-0.2, -0.15) is 11.8 Å². The van der Waals surface area contributed by atoms with Gasteiger partial charge in [0.2, 0.25) is 5.91 Å². The van der Waals surface area contributed by atoms with Crippen LogP contribution >= 0.6 is 23.4 Å². The molecule has 1 aliphatic rings. The van der Waals surface area contributed by atoms with Crippen molar-refractivity contribution in [2.75, 3.05) is 56.8 Å². The van der Waals surface area contributed by atoms with Crippen LogP contribution in [0.5, 0.6) is 5.75 Å². The zero-order valence-electron chi connectivity index (χ0n) is 13.6. The number of hydrogen-bond acceptors (Lipinski definition) is 5. The van der Waals surface area contributed by atoms with E-state index < -0.39 is 0 Å². The number of thioether (sulfide) groups is 1. The number of carbonyl (C=O) groups is 1. The van der Waals surface area contributed by atoms with E-state index in [0.717, 1.165) is 44.2 Å². The summed E-state index contributed by atoms with van der Waals surface area (Å²) in [6.45, 7) is 6.46. The summed E-state index contributed by atoms with van der Waals surface area (Å²) in [5, 5.41) is 3.52. The Bertz CT molecular complexity index is 536. The third-order valence-corrected chi connectivity index (χ3v) is 4.99. The maximum Gasteiger partial charge on any atom is 0.234 e. The van der Waals surface area contributed by atoms with Gasteiger partial charge in [0.15, 0.2) is 0 Å². The molecule has 0 radical (unpaired) electrons. The number of carbonyl (C=O) groups excluding carboxylic acids is 1. The summed E-state index contributed by atoms with van der Waals surface area (Å²) in [6.07, 6.45) is 0. The van der Waals surface area contributed by atoms with Gasteiger partial charge >= 0.3 is 0 Å². The van der Waals surface area contributed by atoms with Crippen LogP contribution < -0.4 is 10.1 Å². The van der Waals surface area contributed by atoms with Crippen LogP contribution in [0.1, 0.15) is 5.56 Å². The van der Waals surface area contributed by atoms with E-state index in [-0.39, 0.29) is 5.91 Å². The Morgan fingerprint density at radius 3 is 2.87 bits per heavy atom. The lowest BCUT2D eigenvalue weighted by molar-refractivity contribution is -0.113. The highest BCUT2D eigenvalue weighted by Gasteiger charge is 2.12. The van der Waals surface area contributed by atoms with E-state index >= 15 is 0 Å². The normalized spacial score (nSPS) is 15.4. The van der Waals surface area contributed by atoms with Crippen LogP contribution in [-0.4, -0.2) is 62.3 Å². The summed E-state index contributed by atoms with van der Waals surface area (Å²) in [4.78, 5) is 14.4. The van der Waals surface area contributed by atoms with Crippen molar-refractivity contribution >= 4 is 35.0 Å². The van der Waals surface area contributed by atoms with Gasteiger partial charge in [-0.15, -0.1) is 0 Å². The number of nitrogens with zero attached hydrogens (tertiary/aromatic N) is 1. The topological polar surface area (TPSA) is 50.8 Å². The van der Waals surface area contributed by atoms with Crippen molar-refractivity contribution in [1.82, 2.24) is 4.90 Å². The molecule has 23 heavy (non-hydrogen) atoms. The number of hydrogen-bond donors (Lipinski definition) is 1. The first kappa shape index (κ1) is 18.4. The maximum absolute atomic E-state index is 12.1. The minimum atomic E-state index is -0.0306. The van der Waals surface area contributed by atoms with Crippen LogP contribution in [0.4, 0.5) is 5.69 Å². The Kier molecular flexibility index (Phi) is 7.49. The number of halogens is 1. The van der Waals surface area contributed by atoms with Gasteiger partial charge in [-0.25, -0.2) is 0 Å². The molecular weight excluding hydrogens is 336 g/mol. The molecule has 0 saturated carbocycles. The van der Waals surface area contributed by atoms with Gasteiger partial charge in [-0.05, 0) is 18.6 Å². The number of nitrogens with one attached hydrogen (secondary N) is 1. The highest BCUT2D eigenvalue weighted by Crippen LogP contribution is 2.30. The summed E-state index contributed by atoms with van der Waals surface area (Å²) < 4.78 is 10.6. The first-order chi connectivity index (χ1) is 11.1. The van der Waals surface area contributed by atoms with E-state index in [9.17, 15) is 4.79 Å². The van der Waals surface area contributed by atoms with Gasteiger partial charge in [0.05, 0.1) is 31.8 Å². The molecule has 1 fully saturated rings. The molecule has 1 amide bonds. The lowest BCUT2D eigenvalue weighted by Gasteiger charge is -2.26. The van der Waals surface area contributed by atoms with Crippen molar-refractivity contribution in [3.05, 3.63) is 22.7 Å². The molecule has 1 aliphatic heterocycles. The molecule has 1 saturated heterocycles. The minimum absolute atomic E-state index is 0.0306. The smallest absolute Gasteiger partial charge is 0.234 e. The van der Waals surface area contributed by atoms with Crippen LogP contribution in [0.3, 0.4) is 0 Å². The van der Waals surface area contributed by atoms with Crippen LogP contribution in [0, 0.1) is 6.92 Å². The summed E-state index contributed by atoms with van der Waals surface area (Å²) in [7, 11) is 1.56. The van der Waals surface area contributed by atoms with Gasteiger partial charge in [0, 0.05) is 36.5 Å². The monoisotopic (exact) mass is 358 g/mol. The van der Waals surface area contributed by atoms with Gasteiger partial charge in [-0.3, -0.25) is 9.69 Å². The number of benzene rings is 1. The van der Waals surface area contributed by atoms with Crippen molar-refractivity contribution in [1.29, 1.82) is 0 Å². The van der Waals surface area contributed by atoms with Crippen LogP contribution in [0.25, 0.3) is 0 Å². The molecule has 0 unspecified atom stereocenters. The molecular formula is C16H23ClN2O3S. The number of rotatable bonds is 7. The van der Waals surface area contributed by atoms with Gasteiger partial charge < -0.3 is 14.8 Å². The Labute approximate surface area is 146 Å². The Morgan fingerprint density at radius 2 is 2.17 bits per heavy atom. The van der Waals surface area contributed by atoms with Crippen LogP contribution in [0.15, 0.2) is 12.1 Å². The SMILES string of the molecule is COc1cc(Cl)c(C)cc1NC(=O)CSCCN1CCOCC1. The largest absolute Gasteiger partial charge is 0.495 e. The average Bonchev–Trinajstić information content (AvgIpc) is 2.56. The lowest BCUT2D eigenvalue weighted by atomic mass is 10.2. The fraction of sp³-hybridized carbons (Fsp3) is 0.562. The number of aryl methyl sites for hydroxylation is 1. The fourth-order valence-electron chi connectivity index (χ4n) is 2.30. The van der Waals surface area contributed by atoms with E-state index in [4.69, 9.17) is 21.1 Å². The molecule has 0 atom stereocenters. The number of morpholine rings is 1. The van der Waals surface area contributed by atoms with Gasteiger partial charge in [-0.1, -0.05) is 11.6 Å². The molecule has 5 nitrogen and oxygen atoms in total. The number of ether oxygens (including phenoxy) is 2. The molecule has 1 aromatic rings. The second kappa shape index (κ2) is 9.37. The third kappa shape index (κ3) is 5.88. The maximum atomic E-state index is 12.1. The van der Waals surface area contributed by atoms with E-state index in [0.29, 0.717) is 22.2 Å². The minimum Gasteiger partial charge on any atom is -0.495 e. The predicted octanol–water partition coefficient (Wildman–Crippen LogP) is 2.66. The van der Waals surface area contributed by atoms with Crippen molar-refractivity contribution in [3.63, 3.8) is 0 Å². The standard InChI is InChI=1S/C16H23ClN2O3S/c1-12-9-14(15(21-2)10-13(12)17)18-16(20)11-23-8-5-19-3-6-22-7-4-19/h9-10H,3-8,11H2,1-2H3,(H,18,20). The molecule has 7 heteroatoms. The van der Waals surface area contributed by atoms with Gasteiger partial charge in [0.25, 0.3) is 0 Å². The number of anilines is 1. The molecule has 1 N–H and O–H groups in total. The summed E-state index contributed by atoms with van der Waals surface area (Å²) in [5.74, 6) is 1.91. The molecule has 2 rings (SSSR count). The summed E-state index contributed by atoms with van der Waals surface area (Å²) in [5.41, 5.74) is 1.57. The Hall–Kier alpha value is -0.950. The first-order valence-electron chi connectivity index (χ1n) is 7.62. The summed E-state index contributed by atoms with van der Waals surface area (Å²) >= 11 is 7.70. The zero-order valence-corrected chi connectivity index (χ0v) is 15.1. The summed E-state index contributed by atoms with van der Waals surface area (Å²) in [6, 6.07) is 3.55. The van der Waals surface area contributed by atoms with E-state index in [1.165, 1.54) is 0 Å². The van der Waals surface area contributed by atoms with Crippen molar-refractivity contribution in [3.8, 4) is 5.75 Å². The zero-order chi connectivity index (χ0) is 16.7. The quantitative estimate of drug-likeness (QED) is 0.759.